The van der Waals surface area contributed by atoms with Crippen molar-refractivity contribution in [2.75, 3.05) is 13.7 Å². The smallest absolute Gasteiger partial charge is 0.328 e. The molecular formula is C16H18BrN3O4. The first kappa shape index (κ1) is 18.0. The predicted octanol–water partition coefficient (Wildman–Crippen LogP) is 1.20. The normalized spacial score (nSPS) is 11.8. The zero-order valence-electron chi connectivity index (χ0n) is 13.3. The van der Waals surface area contributed by atoms with Crippen molar-refractivity contribution >= 4 is 44.6 Å². The molecule has 8 heteroatoms. The third kappa shape index (κ3) is 4.58. The van der Waals surface area contributed by atoms with Gasteiger partial charge in [-0.1, -0.05) is 22.0 Å². The molecule has 0 bridgehead atoms. The van der Waals surface area contributed by atoms with Crippen LogP contribution in [0.25, 0.3) is 10.9 Å². The summed E-state index contributed by atoms with van der Waals surface area (Å²) in [6.45, 7) is 1.40. The van der Waals surface area contributed by atoms with Gasteiger partial charge < -0.3 is 19.9 Å². The molecule has 0 spiro atoms. The van der Waals surface area contributed by atoms with Crippen molar-refractivity contribution in [1.82, 2.24) is 15.2 Å². The fourth-order valence-corrected chi connectivity index (χ4v) is 2.56. The van der Waals surface area contributed by atoms with Crippen molar-refractivity contribution in [2.24, 2.45) is 0 Å². The minimum Gasteiger partial charge on any atom is -0.467 e. The van der Waals surface area contributed by atoms with E-state index in [1.165, 1.54) is 14.0 Å². The first-order valence-corrected chi connectivity index (χ1v) is 8.08. The molecule has 0 fully saturated rings. The van der Waals surface area contributed by atoms with E-state index in [1.54, 1.807) is 4.57 Å². The van der Waals surface area contributed by atoms with Gasteiger partial charge in [0.1, 0.15) is 12.6 Å². The number of halogens is 1. The number of amides is 2. The molecule has 1 aromatic carbocycles. The number of nitrogens with one attached hydrogen (secondary N) is 2. The summed E-state index contributed by atoms with van der Waals surface area (Å²) < 4.78 is 7.23. The molecule has 1 atom stereocenters. The molecule has 128 valence electrons. The van der Waals surface area contributed by atoms with Gasteiger partial charge in [0.15, 0.2) is 0 Å². The molecule has 0 aliphatic carbocycles. The number of hydrogen-bond donors (Lipinski definition) is 2. The van der Waals surface area contributed by atoms with Gasteiger partial charge in [0.2, 0.25) is 11.8 Å². The summed E-state index contributed by atoms with van der Waals surface area (Å²) in [4.78, 5) is 34.9. The summed E-state index contributed by atoms with van der Waals surface area (Å²) in [6, 6.07) is 6.97. The van der Waals surface area contributed by atoms with Crippen molar-refractivity contribution in [1.29, 1.82) is 0 Å². The Morgan fingerprint density at radius 2 is 2.00 bits per heavy atom. The molecule has 2 amide bonds. The molecule has 2 N–H and O–H groups in total. The second kappa shape index (κ2) is 7.96. The van der Waals surface area contributed by atoms with Gasteiger partial charge >= 0.3 is 5.97 Å². The lowest BCUT2D eigenvalue weighted by Crippen LogP contribution is -2.44. The Balaban J connectivity index is 1.88. The summed E-state index contributed by atoms with van der Waals surface area (Å²) in [6.07, 6.45) is 1.82. The largest absolute Gasteiger partial charge is 0.467 e. The Hall–Kier alpha value is -2.35. The van der Waals surface area contributed by atoms with Crippen LogP contribution in [0, 0.1) is 0 Å². The van der Waals surface area contributed by atoms with Crippen LogP contribution in [0.2, 0.25) is 0 Å². The molecule has 2 aromatic rings. The van der Waals surface area contributed by atoms with Crippen molar-refractivity contribution in [2.45, 2.75) is 19.5 Å². The van der Waals surface area contributed by atoms with E-state index < -0.39 is 17.9 Å². The fraction of sp³-hybridized carbons (Fsp3) is 0.312. The monoisotopic (exact) mass is 395 g/mol. The van der Waals surface area contributed by atoms with E-state index in [0.717, 1.165) is 15.4 Å². The average molecular weight is 396 g/mol. The van der Waals surface area contributed by atoms with E-state index in [9.17, 15) is 14.4 Å². The zero-order chi connectivity index (χ0) is 17.7. The third-order valence-electron chi connectivity index (χ3n) is 3.43. The molecule has 0 saturated heterocycles. The molecule has 1 heterocycles. The summed E-state index contributed by atoms with van der Waals surface area (Å²) in [5.41, 5.74) is 0.920. The van der Waals surface area contributed by atoms with Gasteiger partial charge in [-0.2, -0.15) is 0 Å². The highest BCUT2D eigenvalue weighted by Crippen LogP contribution is 2.20. The van der Waals surface area contributed by atoms with Gasteiger partial charge in [-0.3, -0.25) is 9.59 Å². The van der Waals surface area contributed by atoms with Crippen LogP contribution in [0.4, 0.5) is 0 Å². The summed E-state index contributed by atoms with van der Waals surface area (Å²) >= 11 is 3.40. The van der Waals surface area contributed by atoms with Crippen LogP contribution < -0.4 is 10.6 Å². The molecule has 0 aliphatic rings. The van der Waals surface area contributed by atoms with Gasteiger partial charge in [-0.05, 0) is 30.5 Å². The van der Waals surface area contributed by atoms with E-state index in [-0.39, 0.29) is 19.0 Å². The van der Waals surface area contributed by atoms with Gasteiger partial charge in [0.25, 0.3) is 0 Å². The molecule has 0 unspecified atom stereocenters. The molecule has 0 aliphatic heterocycles. The van der Waals surface area contributed by atoms with Crippen molar-refractivity contribution < 1.29 is 19.1 Å². The predicted molar refractivity (Wildman–Crippen MR) is 92.3 cm³/mol. The van der Waals surface area contributed by atoms with Crippen LogP contribution >= 0.6 is 15.9 Å². The highest BCUT2D eigenvalue weighted by Gasteiger charge is 2.16. The number of ether oxygens (including phenoxy) is 1. The van der Waals surface area contributed by atoms with Crippen LogP contribution in [0.5, 0.6) is 0 Å². The number of nitrogens with zero attached hydrogens (tertiary/aromatic N) is 1. The van der Waals surface area contributed by atoms with E-state index >= 15 is 0 Å². The number of aromatic nitrogens is 1. The summed E-state index contributed by atoms with van der Waals surface area (Å²) in [5, 5.41) is 5.99. The van der Waals surface area contributed by atoms with Crippen LogP contribution in [-0.2, 0) is 25.7 Å². The van der Waals surface area contributed by atoms with E-state index in [1.807, 2.05) is 30.5 Å². The topological polar surface area (TPSA) is 89.4 Å². The maximum Gasteiger partial charge on any atom is 0.328 e. The standard InChI is InChI=1S/C16H18BrN3O4/c1-10(16(23)24-2)19-14(21)8-18-15(22)9-20-6-5-11-3-4-12(17)7-13(11)20/h3-7,10H,8-9H2,1-2H3,(H,18,22)(H,19,21)/t10-/m1/s1. The fourth-order valence-electron chi connectivity index (χ4n) is 2.21. The number of rotatable bonds is 6. The Morgan fingerprint density at radius 3 is 2.71 bits per heavy atom. The number of methoxy groups -OCH3 is 1. The Labute approximate surface area is 147 Å². The maximum atomic E-state index is 12.0. The Bertz CT molecular complexity index is 772. The molecule has 1 aromatic heterocycles. The Kier molecular flexibility index (Phi) is 5.97. The van der Waals surface area contributed by atoms with Crippen LogP contribution in [-0.4, -0.2) is 42.0 Å². The van der Waals surface area contributed by atoms with E-state index in [0.29, 0.717) is 0 Å². The molecule has 0 saturated carbocycles. The quantitative estimate of drug-likeness (QED) is 0.719. The second-order valence-electron chi connectivity index (χ2n) is 5.24. The van der Waals surface area contributed by atoms with E-state index in [2.05, 4.69) is 31.3 Å². The average Bonchev–Trinajstić information content (AvgIpc) is 2.94. The van der Waals surface area contributed by atoms with Crippen LogP contribution in [0.1, 0.15) is 6.92 Å². The maximum absolute atomic E-state index is 12.0. The number of hydrogen-bond acceptors (Lipinski definition) is 4. The zero-order valence-corrected chi connectivity index (χ0v) is 14.9. The lowest BCUT2D eigenvalue weighted by Gasteiger charge is -2.12. The minimum atomic E-state index is -0.759. The van der Waals surface area contributed by atoms with Gasteiger partial charge in [0.05, 0.1) is 13.7 Å². The lowest BCUT2D eigenvalue weighted by molar-refractivity contribution is -0.144. The highest BCUT2D eigenvalue weighted by molar-refractivity contribution is 9.10. The van der Waals surface area contributed by atoms with Crippen molar-refractivity contribution in [3.05, 3.63) is 34.9 Å². The molecular weight excluding hydrogens is 378 g/mol. The Morgan fingerprint density at radius 1 is 1.25 bits per heavy atom. The lowest BCUT2D eigenvalue weighted by atomic mass is 10.2. The van der Waals surface area contributed by atoms with Gasteiger partial charge in [0, 0.05) is 16.2 Å². The van der Waals surface area contributed by atoms with Gasteiger partial charge in [-0.25, -0.2) is 4.79 Å². The second-order valence-corrected chi connectivity index (χ2v) is 6.15. The number of carbonyl (C=O) groups excluding carboxylic acids is 3. The first-order valence-electron chi connectivity index (χ1n) is 7.29. The number of carbonyl (C=O) groups is 3. The number of esters is 1. The summed E-state index contributed by atoms with van der Waals surface area (Å²) in [7, 11) is 1.24. The van der Waals surface area contributed by atoms with Crippen LogP contribution in [0.15, 0.2) is 34.9 Å². The molecule has 24 heavy (non-hydrogen) atoms. The first-order chi connectivity index (χ1) is 11.4. The van der Waals surface area contributed by atoms with Gasteiger partial charge in [-0.15, -0.1) is 0 Å². The molecule has 7 nitrogen and oxygen atoms in total. The molecule has 2 rings (SSSR count). The SMILES string of the molecule is COC(=O)[C@@H](C)NC(=O)CNC(=O)Cn1ccc2ccc(Br)cc21. The van der Waals surface area contributed by atoms with Crippen molar-refractivity contribution in [3.63, 3.8) is 0 Å². The van der Waals surface area contributed by atoms with E-state index in [4.69, 9.17) is 0 Å². The van der Waals surface area contributed by atoms with Crippen LogP contribution in [0.3, 0.4) is 0 Å². The number of fused-ring (bicyclic) bond motifs is 1. The number of benzene rings is 1. The minimum absolute atomic E-state index is 0.0970. The molecule has 0 radical (unpaired) electrons. The highest BCUT2D eigenvalue weighted by atomic mass is 79.9. The third-order valence-corrected chi connectivity index (χ3v) is 3.92. The van der Waals surface area contributed by atoms with Crippen molar-refractivity contribution in [3.8, 4) is 0 Å². The summed E-state index contributed by atoms with van der Waals surface area (Å²) in [5.74, 6) is -1.30.